The van der Waals surface area contributed by atoms with Crippen LogP contribution in [-0.2, 0) is 11.2 Å². The Kier molecular flexibility index (Phi) is 8.33. The monoisotopic (exact) mass is 432 g/mol. The van der Waals surface area contributed by atoms with E-state index in [9.17, 15) is 9.59 Å². The zero-order valence-electron chi connectivity index (χ0n) is 15.7. The van der Waals surface area contributed by atoms with Gasteiger partial charge in [0, 0.05) is 24.7 Å². The van der Waals surface area contributed by atoms with Gasteiger partial charge in [0.1, 0.15) is 5.75 Å². The van der Waals surface area contributed by atoms with Crippen molar-refractivity contribution in [3.8, 4) is 5.75 Å². The van der Waals surface area contributed by atoms with Gasteiger partial charge in [-0.1, -0.05) is 25.5 Å². The molecule has 2 N–H and O–H groups in total. The average molecular weight is 433 g/mol. The van der Waals surface area contributed by atoms with Gasteiger partial charge in [-0.15, -0.1) is 0 Å². The first-order valence-electron chi connectivity index (χ1n) is 9.06. The van der Waals surface area contributed by atoms with E-state index in [0.29, 0.717) is 30.7 Å². The van der Waals surface area contributed by atoms with Crippen molar-refractivity contribution in [3.05, 3.63) is 58.1 Å². The van der Waals surface area contributed by atoms with Gasteiger partial charge in [0.05, 0.1) is 11.1 Å². The number of hydrogen-bond donors (Lipinski definition) is 2. The maximum Gasteiger partial charge on any atom is 0.255 e. The van der Waals surface area contributed by atoms with E-state index in [1.165, 1.54) is 0 Å². The predicted octanol–water partition coefficient (Wildman–Crippen LogP) is 4.56. The Bertz CT molecular complexity index is 775. The molecule has 0 fully saturated rings. The fourth-order valence-corrected chi connectivity index (χ4v) is 2.92. The third kappa shape index (κ3) is 6.71. The highest BCUT2D eigenvalue weighted by Crippen LogP contribution is 2.26. The van der Waals surface area contributed by atoms with Crippen LogP contribution in [0.15, 0.2) is 46.9 Å². The second-order valence-electron chi connectivity index (χ2n) is 6.17. The van der Waals surface area contributed by atoms with E-state index < -0.39 is 0 Å². The summed E-state index contributed by atoms with van der Waals surface area (Å²) in [6.45, 7) is 2.77. The Labute approximate surface area is 168 Å². The molecule has 144 valence electrons. The Hall–Kier alpha value is -2.34. The molecule has 0 aliphatic carbocycles. The molecule has 2 aromatic carbocycles. The molecule has 0 saturated heterocycles. The number of unbranched alkanes of at least 4 members (excludes halogenated alkanes) is 1. The van der Waals surface area contributed by atoms with Crippen LogP contribution in [0, 0.1) is 0 Å². The van der Waals surface area contributed by atoms with Gasteiger partial charge in [-0.25, -0.2) is 0 Å². The van der Waals surface area contributed by atoms with Gasteiger partial charge in [-0.3, -0.25) is 9.59 Å². The minimum atomic E-state index is -0.186. The van der Waals surface area contributed by atoms with Gasteiger partial charge >= 0.3 is 0 Å². The molecule has 0 radical (unpaired) electrons. The number of nitrogens with one attached hydrogen (secondary N) is 2. The highest BCUT2D eigenvalue weighted by Gasteiger charge is 2.10. The van der Waals surface area contributed by atoms with Crippen molar-refractivity contribution >= 4 is 33.4 Å². The molecule has 0 unspecified atom stereocenters. The summed E-state index contributed by atoms with van der Waals surface area (Å²) in [7, 11) is 1.63. The van der Waals surface area contributed by atoms with Crippen LogP contribution in [0.1, 0.15) is 42.1 Å². The first kappa shape index (κ1) is 21.0. The molecule has 0 heterocycles. The minimum absolute atomic E-state index is 0.0140. The SMILES string of the molecule is CCCCOc1ccc(C(=O)Nc2ccc(CCC(=O)NC)cc2)cc1Br. The van der Waals surface area contributed by atoms with E-state index >= 15 is 0 Å². The number of benzene rings is 2. The number of carbonyl (C=O) groups excluding carboxylic acids is 2. The van der Waals surface area contributed by atoms with E-state index in [4.69, 9.17) is 4.74 Å². The molecule has 27 heavy (non-hydrogen) atoms. The fourth-order valence-electron chi connectivity index (χ4n) is 2.43. The molecular weight excluding hydrogens is 408 g/mol. The van der Waals surface area contributed by atoms with Crippen molar-refractivity contribution in [1.82, 2.24) is 5.32 Å². The Balaban J connectivity index is 1.94. The number of amides is 2. The van der Waals surface area contributed by atoms with E-state index in [2.05, 4.69) is 33.5 Å². The maximum atomic E-state index is 12.5. The molecule has 2 aromatic rings. The van der Waals surface area contributed by atoms with Crippen LogP contribution in [-0.4, -0.2) is 25.5 Å². The quantitative estimate of drug-likeness (QED) is 0.570. The largest absolute Gasteiger partial charge is 0.492 e. The van der Waals surface area contributed by atoms with Crippen molar-refractivity contribution < 1.29 is 14.3 Å². The summed E-state index contributed by atoms with van der Waals surface area (Å²) in [5, 5.41) is 5.49. The number of aryl methyl sites for hydroxylation is 1. The molecule has 2 rings (SSSR count). The van der Waals surface area contributed by atoms with Crippen LogP contribution >= 0.6 is 15.9 Å². The zero-order chi connectivity index (χ0) is 19.6. The lowest BCUT2D eigenvalue weighted by Crippen LogP contribution is -2.17. The first-order valence-corrected chi connectivity index (χ1v) is 9.86. The number of hydrogen-bond acceptors (Lipinski definition) is 3. The van der Waals surface area contributed by atoms with Crippen molar-refractivity contribution in [1.29, 1.82) is 0 Å². The van der Waals surface area contributed by atoms with Gasteiger partial charge in [-0.2, -0.15) is 0 Å². The van der Waals surface area contributed by atoms with Crippen molar-refractivity contribution in [2.45, 2.75) is 32.6 Å². The third-order valence-corrected chi connectivity index (χ3v) is 4.70. The lowest BCUT2D eigenvalue weighted by Gasteiger charge is -2.10. The molecule has 0 aliphatic heterocycles. The summed E-state index contributed by atoms with van der Waals surface area (Å²) in [5.74, 6) is 0.564. The average Bonchev–Trinajstić information content (AvgIpc) is 2.68. The number of ether oxygens (including phenoxy) is 1. The van der Waals surface area contributed by atoms with Crippen LogP contribution in [0.4, 0.5) is 5.69 Å². The number of rotatable bonds is 9. The normalized spacial score (nSPS) is 10.3. The third-order valence-electron chi connectivity index (χ3n) is 4.08. The van der Waals surface area contributed by atoms with Crippen LogP contribution in [0.5, 0.6) is 5.75 Å². The summed E-state index contributed by atoms with van der Waals surface area (Å²) < 4.78 is 6.44. The van der Waals surface area contributed by atoms with Crippen molar-refractivity contribution in [3.63, 3.8) is 0 Å². The predicted molar refractivity (Wildman–Crippen MR) is 111 cm³/mol. The first-order chi connectivity index (χ1) is 13.0. The zero-order valence-corrected chi connectivity index (χ0v) is 17.3. The lowest BCUT2D eigenvalue weighted by atomic mass is 10.1. The van der Waals surface area contributed by atoms with E-state index in [1.807, 2.05) is 24.3 Å². The Morgan fingerprint density at radius 2 is 1.85 bits per heavy atom. The van der Waals surface area contributed by atoms with Gasteiger partial charge in [-0.05, 0) is 64.7 Å². The van der Waals surface area contributed by atoms with Crippen LogP contribution < -0.4 is 15.4 Å². The molecular formula is C21H25BrN2O3. The van der Waals surface area contributed by atoms with Crippen LogP contribution in [0.3, 0.4) is 0 Å². The summed E-state index contributed by atoms with van der Waals surface area (Å²) in [6, 6.07) is 12.8. The summed E-state index contributed by atoms with van der Waals surface area (Å²) in [6.07, 6.45) is 3.18. The Morgan fingerprint density at radius 1 is 1.11 bits per heavy atom. The summed E-state index contributed by atoms with van der Waals surface area (Å²) in [5.41, 5.74) is 2.31. The second-order valence-corrected chi connectivity index (χ2v) is 7.03. The molecule has 0 aliphatic rings. The molecule has 0 aromatic heterocycles. The molecule has 5 nitrogen and oxygen atoms in total. The smallest absolute Gasteiger partial charge is 0.255 e. The Morgan fingerprint density at radius 3 is 2.48 bits per heavy atom. The van der Waals surface area contributed by atoms with Crippen molar-refractivity contribution in [2.75, 3.05) is 19.0 Å². The molecule has 0 bridgehead atoms. The van der Waals surface area contributed by atoms with Gasteiger partial charge in [0.25, 0.3) is 5.91 Å². The van der Waals surface area contributed by atoms with Gasteiger partial charge in [0.2, 0.25) is 5.91 Å². The van der Waals surface area contributed by atoms with E-state index in [0.717, 1.165) is 28.6 Å². The van der Waals surface area contributed by atoms with Crippen molar-refractivity contribution in [2.24, 2.45) is 0 Å². The molecule has 0 atom stereocenters. The standard InChI is InChI=1S/C21H25BrN2O3/c1-3-4-13-27-19-11-8-16(14-18(19)22)21(26)24-17-9-5-15(6-10-17)7-12-20(25)23-2/h5-6,8-11,14H,3-4,7,12-13H2,1-2H3,(H,23,25)(H,24,26). The molecule has 0 saturated carbocycles. The molecule has 2 amide bonds. The lowest BCUT2D eigenvalue weighted by molar-refractivity contribution is -0.120. The summed E-state index contributed by atoms with van der Waals surface area (Å²) in [4.78, 5) is 23.7. The molecule has 6 heteroatoms. The topological polar surface area (TPSA) is 67.4 Å². The number of halogens is 1. The van der Waals surface area contributed by atoms with Crippen LogP contribution in [0.25, 0.3) is 0 Å². The van der Waals surface area contributed by atoms with Crippen LogP contribution in [0.2, 0.25) is 0 Å². The van der Waals surface area contributed by atoms with Gasteiger partial charge < -0.3 is 15.4 Å². The van der Waals surface area contributed by atoms with Gasteiger partial charge in [0.15, 0.2) is 0 Å². The fraction of sp³-hybridized carbons (Fsp3) is 0.333. The highest BCUT2D eigenvalue weighted by atomic mass is 79.9. The number of carbonyl (C=O) groups is 2. The summed E-state index contributed by atoms with van der Waals surface area (Å²) >= 11 is 3.46. The second kappa shape index (κ2) is 10.7. The maximum absolute atomic E-state index is 12.5. The number of anilines is 1. The molecule has 0 spiro atoms. The van der Waals surface area contributed by atoms with E-state index in [1.54, 1.807) is 25.2 Å². The minimum Gasteiger partial charge on any atom is -0.492 e. The highest BCUT2D eigenvalue weighted by molar-refractivity contribution is 9.10. The van der Waals surface area contributed by atoms with E-state index in [-0.39, 0.29) is 11.8 Å².